The summed E-state index contributed by atoms with van der Waals surface area (Å²) in [7, 11) is 1.83. The van der Waals surface area contributed by atoms with Gasteiger partial charge in [-0.15, -0.1) is 0 Å². The maximum Gasteiger partial charge on any atom is 0.417 e. The normalized spacial score (nSPS) is 22.8. The minimum atomic E-state index is -4.60. The molecule has 1 aromatic carbocycles. The van der Waals surface area contributed by atoms with Gasteiger partial charge in [0.15, 0.2) is 0 Å². The Hall–Kier alpha value is -2.99. The molecule has 4 rings (SSSR count). The Bertz CT molecular complexity index is 1070. The number of nitriles is 1. The van der Waals surface area contributed by atoms with E-state index in [1.807, 2.05) is 36.0 Å². The summed E-state index contributed by atoms with van der Waals surface area (Å²) in [5.41, 5.74) is -0.494. The molecule has 6 nitrogen and oxygen atoms in total. The van der Waals surface area contributed by atoms with E-state index in [-0.39, 0.29) is 22.8 Å². The zero-order valence-corrected chi connectivity index (χ0v) is 18.7. The predicted octanol–water partition coefficient (Wildman–Crippen LogP) is 3.92. The molecule has 2 fully saturated rings. The number of aromatic nitrogens is 1. The number of alkyl halides is 3. The minimum Gasteiger partial charge on any atom is -0.381 e. The zero-order valence-electron chi connectivity index (χ0n) is 18.7. The van der Waals surface area contributed by atoms with Crippen LogP contribution in [-0.2, 0) is 18.0 Å². The fraction of sp³-hybridized carbons (Fsp3) is 0.500. The summed E-state index contributed by atoms with van der Waals surface area (Å²) in [6.07, 6.45) is -2.06. The fourth-order valence-electron chi connectivity index (χ4n) is 5.11. The Morgan fingerprint density at radius 2 is 2.09 bits per heavy atom. The lowest BCUT2D eigenvalue weighted by Crippen LogP contribution is -2.51. The van der Waals surface area contributed by atoms with Gasteiger partial charge in [-0.2, -0.15) is 18.4 Å². The Morgan fingerprint density at radius 3 is 2.73 bits per heavy atom. The standard InChI is InChI=1S/C24H27F3N4O2/c1-3-33-16-23-8-10-30(22(32)21-5-4-9-29(21)2)13-18(23)14-31(15-23)19-7-6-17(12-28)20(11-19)24(25,26)27/h4-7,9,11,18H,3,8,10,13-16H2,1-2H3/t18-,23+/m1/s1. The molecule has 0 saturated carbocycles. The van der Waals surface area contributed by atoms with E-state index in [0.29, 0.717) is 57.2 Å². The van der Waals surface area contributed by atoms with Gasteiger partial charge in [0, 0.05) is 63.1 Å². The van der Waals surface area contributed by atoms with E-state index in [1.54, 1.807) is 22.8 Å². The molecule has 0 radical (unpaired) electrons. The molecule has 0 unspecified atom stereocenters. The first-order valence-corrected chi connectivity index (χ1v) is 11.0. The van der Waals surface area contributed by atoms with Gasteiger partial charge in [-0.25, -0.2) is 0 Å². The number of aryl methyl sites for hydroxylation is 1. The Morgan fingerprint density at radius 1 is 1.30 bits per heavy atom. The third-order valence-corrected chi connectivity index (χ3v) is 6.97. The van der Waals surface area contributed by atoms with Crippen molar-refractivity contribution in [2.24, 2.45) is 18.4 Å². The van der Waals surface area contributed by atoms with Crippen LogP contribution in [0.4, 0.5) is 18.9 Å². The van der Waals surface area contributed by atoms with Crippen LogP contribution in [0, 0.1) is 22.7 Å². The number of rotatable bonds is 5. The number of nitrogens with zero attached hydrogens (tertiary/aromatic N) is 4. The van der Waals surface area contributed by atoms with Crippen LogP contribution >= 0.6 is 0 Å². The summed E-state index contributed by atoms with van der Waals surface area (Å²) in [5.74, 6) is 0.0238. The molecule has 2 aliphatic rings. The highest BCUT2D eigenvalue weighted by Gasteiger charge is 2.50. The smallest absolute Gasteiger partial charge is 0.381 e. The van der Waals surface area contributed by atoms with Gasteiger partial charge in [0.25, 0.3) is 5.91 Å². The van der Waals surface area contributed by atoms with Gasteiger partial charge in [-0.1, -0.05) is 0 Å². The highest BCUT2D eigenvalue weighted by atomic mass is 19.4. The van der Waals surface area contributed by atoms with E-state index in [2.05, 4.69) is 0 Å². The van der Waals surface area contributed by atoms with Crippen LogP contribution in [0.3, 0.4) is 0 Å². The van der Waals surface area contributed by atoms with E-state index in [9.17, 15) is 18.0 Å². The van der Waals surface area contributed by atoms with Crippen molar-refractivity contribution in [2.75, 3.05) is 44.3 Å². The van der Waals surface area contributed by atoms with Crippen LogP contribution in [-0.4, -0.2) is 54.8 Å². The maximum atomic E-state index is 13.5. The zero-order chi connectivity index (χ0) is 23.8. The van der Waals surface area contributed by atoms with Crippen molar-refractivity contribution in [2.45, 2.75) is 19.5 Å². The first-order valence-electron chi connectivity index (χ1n) is 11.0. The fourth-order valence-corrected chi connectivity index (χ4v) is 5.11. The van der Waals surface area contributed by atoms with Crippen molar-refractivity contribution < 1.29 is 22.7 Å². The van der Waals surface area contributed by atoms with Gasteiger partial charge in [-0.05, 0) is 43.7 Å². The summed E-state index contributed by atoms with van der Waals surface area (Å²) in [5, 5.41) is 9.10. The molecular formula is C24H27F3N4O2. The second-order valence-electron chi connectivity index (χ2n) is 8.92. The van der Waals surface area contributed by atoms with E-state index >= 15 is 0 Å². The van der Waals surface area contributed by atoms with Gasteiger partial charge in [0.2, 0.25) is 0 Å². The SMILES string of the molecule is CCOC[C@@]12CCN(C(=O)c3cccn3C)C[C@@H]1CN(c1ccc(C#N)c(C(F)(F)F)c1)C2. The van der Waals surface area contributed by atoms with Gasteiger partial charge in [-0.3, -0.25) is 4.79 Å². The number of hydrogen-bond donors (Lipinski definition) is 0. The van der Waals surface area contributed by atoms with E-state index in [4.69, 9.17) is 10.00 Å². The van der Waals surface area contributed by atoms with Crippen LogP contribution in [0.2, 0.25) is 0 Å². The van der Waals surface area contributed by atoms with Gasteiger partial charge in [0.05, 0.1) is 23.8 Å². The average molecular weight is 461 g/mol. The Balaban J connectivity index is 1.60. The summed E-state index contributed by atoms with van der Waals surface area (Å²) < 4.78 is 48.1. The average Bonchev–Trinajstić information content (AvgIpc) is 3.39. The summed E-state index contributed by atoms with van der Waals surface area (Å²) in [6.45, 7) is 5.14. The molecule has 3 heterocycles. The van der Waals surface area contributed by atoms with Gasteiger partial charge >= 0.3 is 6.18 Å². The third-order valence-electron chi connectivity index (χ3n) is 6.97. The molecule has 2 aromatic rings. The first kappa shape index (κ1) is 23.2. The lowest BCUT2D eigenvalue weighted by atomic mass is 9.73. The van der Waals surface area contributed by atoms with Crippen molar-refractivity contribution >= 4 is 11.6 Å². The molecule has 1 amide bonds. The van der Waals surface area contributed by atoms with Crippen LogP contribution in [0.5, 0.6) is 0 Å². The number of likely N-dealkylation sites (tertiary alicyclic amines) is 1. The number of anilines is 1. The summed E-state index contributed by atoms with van der Waals surface area (Å²) >= 11 is 0. The van der Waals surface area contributed by atoms with E-state index in [0.717, 1.165) is 6.07 Å². The summed E-state index contributed by atoms with van der Waals surface area (Å²) in [4.78, 5) is 16.9. The quantitative estimate of drug-likeness (QED) is 0.679. The number of carbonyl (C=O) groups is 1. The largest absolute Gasteiger partial charge is 0.417 e. The number of halogens is 3. The minimum absolute atomic E-state index is 0.0382. The molecule has 2 aliphatic heterocycles. The Labute approximate surface area is 191 Å². The number of ether oxygens (including phenoxy) is 1. The number of carbonyl (C=O) groups excluding carboxylic acids is 1. The highest BCUT2D eigenvalue weighted by molar-refractivity contribution is 5.92. The van der Waals surface area contributed by atoms with E-state index < -0.39 is 11.7 Å². The molecule has 9 heteroatoms. The highest BCUT2D eigenvalue weighted by Crippen LogP contribution is 2.45. The van der Waals surface area contributed by atoms with Crippen LogP contribution < -0.4 is 4.90 Å². The molecule has 0 aliphatic carbocycles. The number of hydrogen-bond acceptors (Lipinski definition) is 4. The van der Waals surface area contributed by atoms with E-state index in [1.165, 1.54) is 6.07 Å². The lowest BCUT2D eigenvalue weighted by molar-refractivity contribution is -0.137. The second-order valence-corrected chi connectivity index (χ2v) is 8.92. The third kappa shape index (κ3) is 4.32. The van der Waals surface area contributed by atoms with Crippen molar-refractivity contribution in [1.29, 1.82) is 5.26 Å². The number of amides is 1. The van der Waals surface area contributed by atoms with Crippen molar-refractivity contribution in [3.8, 4) is 6.07 Å². The van der Waals surface area contributed by atoms with Crippen molar-refractivity contribution in [1.82, 2.24) is 9.47 Å². The molecule has 0 N–H and O–H groups in total. The number of fused-ring (bicyclic) bond motifs is 1. The topological polar surface area (TPSA) is 61.5 Å². The molecule has 33 heavy (non-hydrogen) atoms. The molecule has 176 valence electrons. The molecule has 2 saturated heterocycles. The number of benzene rings is 1. The maximum absolute atomic E-state index is 13.5. The van der Waals surface area contributed by atoms with Gasteiger partial charge in [0.1, 0.15) is 5.69 Å². The molecule has 0 bridgehead atoms. The summed E-state index contributed by atoms with van der Waals surface area (Å²) in [6, 6.07) is 9.14. The van der Waals surface area contributed by atoms with Crippen LogP contribution in [0.15, 0.2) is 36.5 Å². The molecule has 1 aromatic heterocycles. The van der Waals surface area contributed by atoms with Crippen LogP contribution in [0.25, 0.3) is 0 Å². The second kappa shape index (κ2) is 8.75. The number of piperidine rings is 1. The van der Waals surface area contributed by atoms with Crippen molar-refractivity contribution in [3.05, 3.63) is 53.3 Å². The lowest BCUT2D eigenvalue weighted by Gasteiger charge is -2.43. The first-order chi connectivity index (χ1) is 15.7. The molecular weight excluding hydrogens is 433 g/mol. The van der Waals surface area contributed by atoms with Crippen LogP contribution in [0.1, 0.15) is 35.0 Å². The molecule has 2 atom stereocenters. The molecule has 0 spiro atoms. The predicted molar refractivity (Wildman–Crippen MR) is 117 cm³/mol. The van der Waals surface area contributed by atoms with Gasteiger partial charge < -0.3 is 19.1 Å². The van der Waals surface area contributed by atoms with Crippen molar-refractivity contribution in [3.63, 3.8) is 0 Å². The monoisotopic (exact) mass is 460 g/mol. The Kier molecular flexibility index (Phi) is 6.14.